The smallest absolute Gasteiger partial charge is 0.349 e. The zero-order valence-electron chi connectivity index (χ0n) is 32.2. The molecule has 1 aromatic carbocycles. The predicted octanol–water partition coefficient (Wildman–Crippen LogP) is 2.63. The molecule has 2 aromatic heterocycles. The monoisotopic (exact) mass is 854 g/mol. The van der Waals surface area contributed by atoms with Gasteiger partial charge in [0.1, 0.15) is 28.0 Å². The lowest BCUT2D eigenvalue weighted by Gasteiger charge is -2.50. The molecule has 3 atom stereocenters. The van der Waals surface area contributed by atoms with E-state index in [2.05, 4.69) is 46.1 Å². The number of nitrogens with zero attached hydrogens (tertiary/aromatic N) is 7. The summed E-state index contributed by atoms with van der Waals surface area (Å²) in [5.74, 6) is -4.81. The minimum Gasteiger partial charge on any atom is -0.504 e. The normalized spacial score (nSPS) is 18.8. The largest absolute Gasteiger partial charge is 0.504 e. The number of anilines is 1. The van der Waals surface area contributed by atoms with Crippen LogP contribution in [0.1, 0.15) is 69.3 Å². The zero-order chi connectivity index (χ0) is 42.0. The van der Waals surface area contributed by atoms with Crippen molar-refractivity contribution in [2.45, 2.75) is 65.0 Å². The number of methoxy groups -OCH3 is 1. The molecular weight excluding hydrogens is 809 g/mol. The molecule has 0 aliphatic carbocycles. The number of nitrogens with two attached hydrogens (primary N) is 1. The van der Waals surface area contributed by atoms with E-state index in [1.54, 1.807) is 0 Å². The first kappa shape index (κ1) is 44.7. The summed E-state index contributed by atoms with van der Waals surface area (Å²) >= 11 is 8.61. The first-order valence-corrected chi connectivity index (χ1v) is 20.4. The summed E-state index contributed by atoms with van der Waals surface area (Å²) in [5, 5.41) is 42.5. The van der Waals surface area contributed by atoms with Crippen molar-refractivity contribution in [3.63, 3.8) is 0 Å². The third kappa shape index (κ3) is 9.91. The number of aromatic nitrogens is 5. The van der Waals surface area contributed by atoms with Crippen LogP contribution < -0.4 is 16.4 Å². The highest BCUT2D eigenvalue weighted by Gasteiger charge is 2.55. The van der Waals surface area contributed by atoms with Gasteiger partial charge in [-0.15, -0.1) is 22.0 Å². The van der Waals surface area contributed by atoms with Crippen molar-refractivity contribution in [2.24, 2.45) is 5.16 Å². The Balaban J connectivity index is 0.00000174. The zero-order valence-corrected chi connectivity index (χ0v) is 34.6. The van der Waals surface area contributed by atoms with Crippen LogP contribution >= 0.6 is 34.7 Å². The number of tetrazole rings is 1. The van der Waals surface area contributed by atoms with Crippen molar-refractivity contribution in [3.8, 4) is 11.5 Å². The molecule has 7 N–H and O–H groups in total. The first-order chi connectivity index (χ1) is 27.3. The molecule has 57 heavy (non-hydrogen) atoms. The number of thiazole rings is 1. The number of benzene rings is 1. The second-order valence-electron chi connectivity index (χ2n) is 12.4. The van der Waals surface area contributed by atoms with Crippen molar-refractivity contribution in [3.05, 3.63) is 44.9 Å². The number of phenols is 2. The van der Waals surface area contributed by atoms with Crippen molar-refractivity contribution < 1.29 is 47.8 Å². The number of rotatable bonds is 13. The molecule has 23 heteroatoms. The third-order valence-electron chi connectivity index (χ3n) is 8.99. The van der Waals surface area contributed by atoms with E-state index in [4.69, 9.17) is 22.2 Å². The molecule has 3 aliphatic rings. The Morgan fingerprint density at radius 2 is 1.91 bits per heavy atom. The number of aromatic amines is 1. The maximum absolute atomic E-state index is 13.9. The van der Waals surface area contributed by atoms with Crippen LogP contribution in [0.3, 0.4) is 0 Å². The van der Waals surface area contributed by atoms with E-state index in [9.17, 15) is 33.8 Å². The predicted molar refractivity (Wildman–Crippen MR) is 210 cm³/mol. The fraction of sp³-hybridized carbons (Fsp3) is 0.500. The molecule has 0 spiro atoms. The summed E-state index contributed by atoms with van der Waals surface area (Å²) in [6.45, 7) is 12.2. The van der Waals surface area contributed by atoms with E-state index in [0.717, 1.165) is 55.0 Å². The Bertz CT molecular complexity index is 1970. The first-order valence-electron chi connectivity index (χ1n) is 18.1. The highest BCUT2D eigenvalue weighted by molar-refractivity contribution is 8.00. The Kier molecular flexibility index (Phi) is 15.6. The molecular formula is C34H46ClFN11O8S2+. The van der Waals surface area contributed by atoms with E-state index in [1.165, 1.54) is 30.7 Å². The highest BCUT2D eigenvalue weighted by atomic mass is 35.5. The summed E-state index contributed by atoms with van der Waals surface area (Å²) in [5.41, 5.74) is 6.48. The number of nitrogen functional groups attached to an aromatic ring is 1. The molecule has 3 amide bonds. The Morgan fingerprint density at radius 1 is 1.21 bits per heavy atom. The Morgan fingerprint density at radius 3 is 2.51 bits per heavy atom. The molecule has 3 aromatic rings. The number of halogens is 2. The average Bonchev–Trinajstić information content (AvgIpc) is 3.99. The minimum absolute atomic E-state index is 0.0402. The lowest BCUT2D eigenvalue weighted by Crippen LogP contribution is -2.70. The summed E-state index contributed by atoms with van der Waals surface area (Å²) in [6, 6.07) is 0.824. The molecule has 6 rings (SSSR count). The molecule has 310 valence electrons. The number of ether oxygens (including phenoxy) is 1. The number of hydrogen-bond donors (Lipinski definition) is 6. The van der Waals surface area contributed by atoms with E-state index in [0.29, 0.717) is 29.0 Å². The maximum Gasteiger partial charge on any atom is 0.349 e. The summed E-state index contributed by atoms with van der Waals surface area (Å²) in [6.07, 6.45) is 0.691. The number of quaternary nitrogens is 1. The number of amides is 3. The number of carbonyl (C=O) groups excluding carboxylic acids is 4. The van der Waals surface area contributed by atoms with Crippen LogP contribution in [0.25, 0.3) is 5.70 Å². The van der Waals surface area contributed by atoms with Crippen molar-refractivity contribution in [1.82, 2.24) is 41.1 Å². The molecule has 2 saturated heterocycles. The van der Waals surface area contributed by atoms with Crippen molar-refractivity contribution >= 4 is 74.9 Å². The number of esters is 1. The van der Waals surface area contributed by atoms with Gasteiger partial charge in [-0.2, -0.15) is 5.21 Å². The van der Waals surface area contributed by atoms with Gasteiger partial charge < -0.3 is 40.6 Å². The quantitative estimate of drug-likeness (QED) is 0.0361. The molecule has 0 saturated carbocycles. The van der Waals surface area contributed by atoms with Crippen molar-refractivity contribution in [1.29, 1.82) is 0 Å². The third-order valence-corrected chi connectivity index (χ3v) is 11.4. The van der Waals surface area contributed by atoms with Gasteiger partial charge in [0.2, 0.25) is 11.9 Å². The SMILES string of the molecule is CC.CC.COC(=O)C(C)O/N=C(\C(=O)N[C@@H]1C(=O)N2C(c3nn[nH]n3)=C(C[N+]3(CCNC(=O)c4cc(O)c(O)c(F)c4)CCCC3)CS[C@H]12)c1nc(N)sc1Cl. The lowest BCUT2D eigenvalue weighted by molar-refractivity contribution is -0.911. The number of likely N-dealkylation sites (tertiary alicyclic amines) is 1. The summed E-state index contributed by atoms with van der Waals surface area (Å²) < 4.78 is 19.2. The lowest BCUT2D eigenvalue weighted by atomic mass is 10.0. The van der Waals surface area contributed by atoms with Gasteiger partial charge in [-0.3, -0.25) is 19.3 Å². The summed E-state index contributed by atoms with van der Waals surface area (Å²) in [4.78, 5) is 62.9. The van der Waals surface area contributed by atoms with Crippen LogP contribution in [0, 0.1) is 5.82 Å². The van der Waals surface area contributed by atoms with Gasteiger partial charge in [-0.1, -0.05) is 55.8 Å². The molecule has 0 radical (unpaired) electrons. The van der Waals surface area contributed by atoms with Gasteiger partial charge in [0.15, 0.2) is 28.2 Å². The van der Waals surface area contributed by atoms with E-state index < -0.39 is 64.2 Å². The fourth-order valence-electron chi connectivity index (χ4n) is 6.38. The molecule has 5 heterocycles. The highest BCUT2D eigenvalue weighted by Crippen LogP contribution is 2.44. The van der Waals surface area contributed by atoms with Gasteiger partial charge in [0.25, 0.3) is 17.7 Å². The summed E-state index contributed by atoms with van der Waals surface area (Å²) in [7, 11) is 1.17. The topological polar surface area (TPSA) is 260 Å². The minimum atomic E-state index is -1.18. The number of β-lactam (4-membered cyclic amide) rings is 1. The maximum atomic E-state index is 13.9. The van der Waals surface area contributed by atoms with E-state index >= 15 is 0 Å². The number of nitrogens with one attached hydrogen (secondary N) is 3. The number of fused-ring (bicyclic) bond motifs is 1. The number of carbonyl (C=O) groups is 4. The van der Waals surface area contributed by atoms with Gasteiger partial charge in [-0.25, -0.2) is 14.2 Å². The fourth-order valence-corrected chi connectivity index (χ4v) is 8.64. The Hall–Kier alpha value is -5.06. The van der Waals surface area contributed by atoms with Gasteiger partial charge in [-0.05, 0) is 24.3 Å². The van der Waals surface area contributed by atoms with Gasteiger partial charge in [0.05, 0.1) is 39.0 Å². The molecule has 0 bridgehead atoms. The molecule has 2 fully saturated rings. The van der Waals surface area contributed by atoms with Crippen LogP contribution in [0.15, 0.2) is 22.9 Å². The van der Waals surface area contributed by atoms with Crippen LogP contribution in [0.2, 0.25) is 4.34 Å². The molecule has 1 unspecified atom stereocenters. The second kappa shape index (κ2) is 19.9. The average molecular weight is 855 g/mol. The standard InChI is InChI=1S/C30H33ClFN11O8S2.2C2H6/c1-13(29(49)50-2)51-39-19(18-23(31)53-30(33)36-18)26(47)35-20-27(48)42-21(24-37-40-41-38-24)15(12-52-28(20)42)11-43(6-3-4-7-43)8-5-34-25(46)14-9-16(32)22(45)17(44)10-14;2*1-2/h9-10,13,20,28H,3-8,11-12H2,1-2H3,(H6-,33,34,35,36,37,38,39,40,41,44,45,46,47);2*1-2H3/p+1/t13?,20-,28-;;/m1../s1. The van der Waals surface area contributed by atoms with E-state index in [1.807, 2.05) is 27.7 Å². The number of phenolic OH excluding ortho intramolecular Hbond substituents is 2. The van der Waals surface area contributed by atoms with Gasteiger partial charge in [0, 0.05) is 29.7 Å². The van der Waals surface area contributed by atoms with Crippen molar-refractivity contribution in [2.75, 3.05) is 51.3 Å². The number of oxime groups is 1. The number of hydrogen-bond acceptors (Lipinski definition) is 16. The molecule has 3 aliphatic heterocycles. The Labute approximate surface area is 340 Å². The second-order valence-corrected chi connectivity index (χ2v) is 15.1. The number of thioether (sulfide) groups is 1. The molecule has 19 nitrogen and oxygen atoms in total. The van der Waals surface area contributed by atoms with Crippen LogP contribution in [0.5, 0.6) is 11.5 Å². The number of aromatic hydroxyl groups is 2. The van der Waals surface area contributed by atoms with E-state index in [-0.39, 0.29) is 33.1 Å². The van der Waals surface area contributed by atoms with Crippen LogP contribution in [-0.4, -0.2) is 138 Å². The van der Waals surface area contributed by atoms with Gasteiger partial charge >= 0.3 is 5.97 Å². The van der Waals surface area contributed by atoms with Crippen LogP contribution in [-0.2, 0) is 24.0 Å². The number of H-pyrrole nitrogens is 1. The van der Waals surface area contributed by atoms with Crippen LogP contribution in [0.4, 0.5) is 9.52 Å².